The zero-order chi connectivity index (χ0) is 10.6. The van der Waals surface area contributed by atoms with E-state index in [2.05, 4.69) is 24.7 Å². The maximum absolute atomic E-state index is 6.11. The maximum Gasteiger partial charge on any atom is 0.0331 e. The molecule has 14 heavy (non-hydrogen) atoms. The van der Waals surface area contributed by atoms with Crippen molar-refractivity contribution in [2.75, 3.05) is 13.1 Å². The molecule has 1 fully saturated rings. The number of hydrogen-bond acceptors (Lipinski definition) is 2. The molecule has 0 spiro atoms. The van der Waals surface area contributed by atoms with Crippen LogP contribution in [0.25, 0.3) is 0 Å². The molecule has 0 radical (unpaired) electrons. The molecule has 1 aliphatic rings. The largest absolute Gasteiger partial charge is 0.325 e. The Morgan fingerprint density at radius 1 is 1.36 bits per heavy atom. The van der Waals surface area contributed by atoms with Gasteiger partial charge in [0.15, 0.2) is 0 Å². The summed E-state index contributed by atoms with van der Waals surface area (Å²) in [5, 5.41) is 0. The Morgan fingerprint density at radius 3 is 2.43 bits per heavy atom. The zero-order valence-corrected chi connectivity index (χ0v) is 9.42. The molecule has 0 aliphatic carbocycles. The molecule has 1 aliphatic heterocycles. The Bertz CT molecular complexity index is 209. The smallest absolute Gasteiger partial charge is 0.0331 e. The van der Waals surface area contributed by atoms with Gasteiger partial charge in [-0.25, -0.2) is 0 Å². The molecule has 1 atom stereocenters. The molecule has 0 aromatic rings. The van der Waals surface area contributed by atoms with Crippen molar-refractivity contribution in [2.45, 2.75) is 51.1 Å². The molecule has 1 saturated heterocycles. The zero-order valence-electron chi connectivity index (χ0n) is 9.42. The minimum Gasteiger partial charge on any atom is -0.325 e. The van der Waals surface area contributed by atoms with E-state index in [1.165, 1.54) is 32.4 Å². The van der Waals surface area contributed by atoms with Gasteiger partial charge in [0.2, 0.25) is 0 Å². The number of likely N-dealkylation sites (tertiary alicyclic amines) is 1. The minimum atomic E-state index is 0.0484. The summed E-state index contributed by atoms with van der Waals surface area (Å²) in [6, 6.07) is 0.0885. The maximum atomic E-state index is 6.11. The van der Waals surface area contributed by atoms with Gasteiger partial charge in [-0.15, -0.1) is 12.3 Å². The lowest BCUT2D eigenvalue weighted by Crippen LogP contribution is -2.57. The van der Waals surface area contributed by atoms with E-state index in [9.17, 15) is 0 Å². The SMILES string of the molecule is C#CCC(N)C(C)(C)N1CCCCC1. The van der Waals surface area contributed by atoms with E-state index in [4.69, 9.17) is 12.2 Å². The third kappa shape index (κ3) is 2.50. The van der Waals surface area contributed by atoms with Gasteiger partial charge in [-0.1, -0.05) is 6.42 Å². The lowest BCUT2D eigenvalue weighted by molar-refractivity contribution is 0.0744. The second-order valence-electron chi connectivity index (χ2n) is 4.72. The Morgan fingerprint density at radius 2 is 1.93 bits per heavy atom. The van der Waals surface area contributed by atoms with Crippen LogP contribution < -0.4 is 5.73 Å². The molecule has 2 heteroatoms. The predicted octanol–water partition coefficient (Wildman–Crippen LogP) is 1.60. The van der Waals surface area contributed by atoms with E-state index in [1.54, 1.807) is 0 Å². The van der Waals surface area contributed by atoms with Crippen LogP contribution in [-0.2, 0) is 0 Å². The Labute approximate surface area is 87.8 Å². The third-order valence-corrected chi connectivity index (χ3v) is 3.42. The van der Waals surface area contributed by atoms with Crippen LogP contribution in [0.4, 0.5) is 0 Å². The number of rotatable bonds is 3. The van der Waals surface area contributed by atoms with Gasteiger partial charge >= 0.3 is 0 Å². The first kappa shape index (κ1) is 11.6. The van der Waals surface area contributed by atoms with Crippen LogP contribution in [0.15, 0.2) is 0 Å². The van der Waals surface area contributed by atoms with Gasteiger partial charge in [0.25, 0.3) is 0 Å². The summed E-state index contributed by atoms with van der Waals surface area (Å²) in [5.41, 5.74) is 6.16. The van der Waals surface area contributed by atoms with Crippen LogP contribution in [-0.4, -0.2) is 29.6 Å². The van der Waals surface area contributed by atoms with Gasteiger partial charge in [0.05, 0.1) is 0 Å². The molecule has 0 bridgehead atoms. The molecule has 1 heterocycles. The van der Waals surface area contributed by atoms with Crippen molar-refractivity contribution >= 4 is 0 Å². The molecule has 0 saturated carbocycles. The highest BCUT2D eigenvalue weighted by Crippen LogP contribution is 2.23. The van der Waals surface area contributed by atoms with Crippen LogP contribution in [0.5, 0.6) is 0 Å². The van der Waals surface area contributed by atoms with E-state index in [1.807, 2.05) is 0 Å². The second kappa shape index (κ2) is 4.82. The van der Waals surface area contributed by atoms with Gasteiger partial charge in [0, 0.05) is 18.0 Å². The predicted molar refractivity (Wildman–Crippen MR) is 60.9 cm³/mol. The standard InChI is InChI=1S/C12H22N2/c1-4-8-11(13)12(2,3)14-9-6-5-7-10-14/h1,11H,5-10,13H2,2-3H3. The van der Waals surface area contributed by atoms with Crippen LogP contribution >= 0.6 is 0 Å². The Hall–Kier alpha value is -0.520. The van der Waals surface area contributed by atoms with Gasteiger partial charge in [-0.05, 0) is 39.8 Å². The highest BCUT2D eigenvalue weighted by Gasteiger charge is 2.33. The summed E-state index contributed by atoms with van der Waals surface area (Å²) >= 11 is 0. The first-order chi connectivity index (χ1) is 6.59. The number of nitrogens with two attached hydrogens (primary N) is 1. The second-order valence-corrected chi connectivity index (χ2v) is 4.72. The quantitative estimate of drug-likeness (QED) is 0.691. The first-order valence-electron chi connectivity index (χ1n) is 5.53. The van der Waals surface area contributed by atoms with E-state index in [0.29, 0.717) is 6.42 Å². The van der Waals surface area contributed by atoms with E-state index in [-0.39, 0.29) is 11.6 Å². The van der Waals surface area contributed by atoms with Crippen molar-refractivity contribution in [2.24, 2.45) is 5.73 Å². The summed E-state index contributed by atoms with van der Waals surface area (Å²) in [4.78, 5) is 2.48. The number of terminal acetylenes is 1. The number of nitrogens with zero attached hydrogens (tertiary/aromatic N) is 1. The van der Waals surface area contributed by atoms with Crippen molar-refractivity contribution in [3.8, 4) is 12.3 Å². The van der Waals surface area contributed by atoms with Crippen molar-refractivity contribution in [1.82, 2.24) is 4.90 Å². The molecule has 80 valence electrons. The lowest BCUT2D eigenvalue weighted by atomic mass is 9.89. The first-order valence-corrected chi connectivity index (χ1v) is 5.53. The summed E-state index contributed by atoms with van der Waals surface area (Å²) in [5.74, 6) is 2.66. The molecule has 0 aromatic carbocycles. The van der Waals surface area contributed by atoms with Crippen molar-refractivity contribution in [3.05, 3.63) is 0 Å². The van der Waals surface area contributed by atoms with Crippen LogP contribution in [0.3, 0.4) is 0 Å². The normalized spacial score (nSPS) is 21.6. The van der Waals surface area contributed by atoms with Gasteiger partial charge in [-0.3, -0.25) is 4.90 Å². The van der Waals surface area contributed by atoms with Crippen LogP contribution in [0.2, 0.25) is 0 Å². The average molecular weight is 194 g/mol. The molecule has 2 N–H and O–H groups in total. The van der Waals surface area contributed by atoms with Crippen molar-refractivity contribution < 1.29 is 0 Å². The minimum absolute atomic E-state index is 0.0484. The summed E-state index contributed by atoms with van der Waals surface area (Å²) in [6.45, 7) is 6.76. The molecule has 1 rings (SSSR count). The highest BCUT2D eigenvalue weighted by molar-refractivity contribution is 4.99. The summed E-state index contributed by atoms with van der Waals surface area (Å²) < 4.78 is 0. The van der Waals surface area contributed by atoms with E-state index >= 15 is 0 Å². The highest BCUT2D eigenvalue weighted by atomic mass is 15.2. The molecule has 0 aromatic heterocycles. The fourth-order valence-electron chi connectivity index (χ4n) is 2.08. The molecular weight excluding hydrogens is 172 g/mol. The number of hydrogen-bond donors (Lipinski definition) is 1. The van der Waals surface area contributed by atoms with Crippen molar-refractivity contribution in [3.63, 3.8) is 0 Å². The van der Waals surface area contributed by atoms with Gasteiger partial charge in [-0.2, -0.15) is 0 Å². The fraction of sp³-hybridized carbons (Fsp3) is 0.833. The van der Waals surface area contributed by atoms with E-state index < -0.39 is 0 Å². The third-order valence-electron chi connectivity index (χ3n) is 3.42. The Balaban J connectivity index is 2.57. The monoisotopic (exact) mass is 194 g/mol. The van der Waals surface area contributed by atoms with Crippen LogP contribution in [0.1, 0.15) is 39.5 Å². The topological polar surface area (TPSA) is 29.3 Å². The summed E-state index contributed by atoms with van der Waals surface area (Å²) in [7, 11) is 0. The molecule has 1 unspecified atom stereocenters. The molecule has 2 nitrogen and oxygen atoms in total. The van der Waals surface area contributed by atoms with Crippen LogP contribution in [0, 0.1) is 12.3 Å². The Kier molecular flexibility index (Phi) is 3.97. The lowest BCUT2D eigenvalue weighted by Gasteiger charge is -2.44. The molecule has 0 amide bonds. The summed E-state index contributed by atoms with van der Waals surface area (Å²) in [6.07, 6.45) is 9.93. The van der Waals surface area contributed by atoms with Gasteiger partial charge < -0.3 is 5.73 Å². The van der Waals surface area contributed by atoms with Gasteiger partial charge in [0.1, 0.15) is 0 Å². The van der Waals surface area contributed by atoms with Crippen molar-refractivity contribution in [1.29, 1.82) is 0 Å². The fourth-order valence-corrected chi connectivity index (χ4v) is 2.08. The van der Waals surface area contributed by atoms with E-state index in [0.717, 1.165) is 0 Å². The molecular formula is C12H22N2. The average Bonchev–Trinajstić information content (AvgIpc) is 2.19. The number of piperidine rings is 1.